The Morgan fingerprint density at radius 1 is 1.26 bits per heavy atom. The van der Waals surface area contributed by atoms with Gasteiger partial charge in [-0.05, 0) is 19.4 Å². The van der Waals surface area contributed by atoms with E-state index < -0.39 is 24.2 Å². The van der Waals surface area contributed by atoms with Gasteiger partial charge in [0.1, 0.15) is 5.82 Å². The summed E-state index contributed by atoms with van der Waals surface area (Å²) < 4.78 is 44.0. The van der Waals surface area contributed by atoms with Crippen molar-refractivity contribution in [3.63, 3.8) is 0 Å². The number of halogens is 3. The Labute approximate surface area is 177 Å². The maximum atomic E-state index is 13.8. The summed E-state index contributed by atoms with van der Waals surface area (Å²) in [6, 6.07) is 6.37. The molecule has 164 valence electrons. The highest BCUT2D eigenvalue weighted by atomic mass is 19.4. The minimum Gasteiger partial charge on any atom is -0.363 e. The number of amides is 1. The van der Waals surface area contributed by atoms with Crippen LogP contribution in [0.1, 0.15) is 51.4 Å². The van der Waals surface area contributed by atoms with Gasteiger partial charge < -0.3 is 10.6 Å². The van der Waals surface area contributed by atoms with Crippen molar-refractivity contribution in [1.29, 1.82) is 0 Å². The average Bonchev–Trinajstić information content (AvgIpc) is 3.29. The predicted molar refractivity (Wildman–Crippen MR) is 109 cm³/mol. The number of nitrogens with zero attached hydrogens (tertiary/aromatic N) is 4. The number of carbonyl (C=O) groups excluding carboxylic acids is 1. The zero-order valence-corrected chi connectivity index (χ0v) is 17.4. The summed E-state index contributed by atoms with van der Waals surface area (Å²) in [6.07, 6.45) is -3.06. The summed E-state index contributed by atoms with van der Waals surface area (Å²) in [5, 5.41) is 13.9. The van der Waals surface area contributed by atoms with Gasteiger partial charge in [-0.15, -0.1) is 0 Å². The molecule has 1 amide bonds. The van der Waals surface area contributed by atoms with Gasteiger partial charge in [0.2, 0.25) is 0 Å². The van der Waals surface area contributed by atoms with E-state index in [1.54, 1.807) is 17.9 Å². The number of alkyl halides is 3. The number of rotatable bonds is 4. The van der Waals surface area contributed by atoms with Crippen LogP contribution in [0.15, 0.2) is 36.5 Å². The fourth-order valence-corrected chi connectivity index (χ4v) is 3.69. The maximum absolute atomic E-state index is 13.8. The number of fused-ring (bicyclic) bond motifs is 1. The average molecular weight is 432 g/mol. The lowest BCUT2D eigenvalue weighted by molar-refractivity contribution is -0.173. The highest BCUT2D eigenvalue weighted by Crippen LogP contribution is 2.43. The molecule has 0 spiro atoms. The smallest absolute Gasteiger partial charge is 0.363 e. The van der Waals surface area contributed by atoms with Crippen LogP contribution in [-0.4, -0.2) is 31.6 Å². The van der Waals surface area contributed by atoms with Crippen LogP contribution >= 0.6 is 0 Å². The number of aryl methyl sites for hydroxylation is 2. The first kappa shape index (κ1) is 21.0. The van der Waals surface area contributed by atoms with E-state index in [1.165, 1.54) is 6.07 Å². The molecule has 0 fully saturated rings. The van der Waals surface area contributed by atoms with Crippen molar-refractivity contribution in [2.75, 3.05) is 5.32 Å². The minimum atomic E-state index is -4.49. The lowest BCUT2D eigenvalue weighted by atomic mass is 9.96. The summed E-state index contributed by atoms with van der Waals surface area (Å²) in [7, 11) is 1.79. The van der Waals surface area contributed by atoms with Gasteiger partial charge in [-0.2, -0.15) is 23.4 Å². The van der Waals surface area contributed by atoms with Gasteiger partial charge in [-0.3, -0.25) is 9.48 Å². The molecule has 0 radical (unpaired) electrons. The SMILES string of the molecule is Cc1ccc([C@@H]2C[C@@H](C(F)(F)F)n3nc(C(=O)NCc4cnn(C)c4C)cc3N2)cc1. The van der Waals surface area contributed by atoms with E-state index in [9.17, 15) is 18.0 Å². The first-order valence-electron chi connectivity index (χ1n) is 9.88. The number of nitrogens with one attached hydrogen (secondary N) is 2. The van der Waals surface area contributed by atoms with Crippen LogP contribution in [-0.2, 0) is 13.6 Å². The summed E-state index contributed by atoms with van der Waals surface area (Å²) >= 11 is 0. The summed E-state index contributed by atoms with van der Waals surface area (Å²) in [5.74, 6) is -0.373. The molecule has 31 heavy (non-hydrogen) atoms. The first-order chi connectivity index (χ1) is 14.6. The molecular formula is C21H23F3N6O. The number of aromatic nitrogens is 4. The van der Waals surface area contributed by atoms with Crippen LogP contribution in [0, 0.1) is 13.8 Å². The molecule has 1 aliphatic rings. The zero-order chi connectivity index (χ0) is 22.3. The molecule has 0 aliphatic carbocycles. The van der Waals surface area contributed by atoms with E-state index in [4.69, 9.17) is 0 Å². The second-order valence-electron chi connectivity index (χ2n) is 7.82. The van der Waals surface area contributed by atoms with Crippen molar-refractivity contribution >= 4 is 11.7 Å². The fraction of sp³-hybridized carbons (Fsp3) is 0.381. The molecule has 1 aromatic carbocycles. The fourth-order valence-electron chi connectivity index (χ4n) is 3.69. The number of carbonyl (C=O) groups is 1. The second kappa shape index (κ2) is 7.75. The maximum Gasteiger partial charge on any atom is 0.410 e. The van der Waals surface area contributed by atoms with Crippen LogP contribution in [0.25, 0.3) is 0 Å². The Balaban J connectivity index is 1.58. The van der Waals surface area contributed by atoms with Crippen molar-refractivity contribution in [3.05, 3.63) is 64.6 Å². The molecule has 7 nitrogen and oxygen atoms in total. The predicted octanol–water partition coefficient (Wildman–Crippen LogP) is 3.82. The monoisotopic (exact) mass is 432 g/mol. The zero-order valence-electron chi connectivity index (χ0n) is 17.4. The number of hydrogen-bond donors (Lipinski definition) is 2. The quantitative estimate of drug-likeness (QED) is 0.657. The molecule has 0 unspecified atom stereocenters. The largest absolute Gasteiger partial charge is 0.410 e. The normalized spacial score (nSPS) is 18.4. The van der Waals surface area contributed by atoms with Crippen LogP contribution < -0.4 is 10.6 Å². The molecule has 0 bridgehead atoms. The van der Waals surface area contributed by atoms with Gasteiger partial charge >= 0.3 is 6.18 Å². The molecular weight excluding hydrogens is 409 g/mol. The van der Waals surface area contributed by atoms with E-state index in [2.05, 4.69) is 20.8 Å². The summed E-state index contributed by atoms with van der Waals surface area (Å²) in [6.45, 7) is 4.00. The Morgan fingerprint density at radius 2 is 1.97 bits per heavy atom. The van der Waals surface area contributed by atoms with Gasteiger partial charge in [0.05, 0.1) is 12.2 Å². The van der Waals surface area contributed by atoms with Crippen molar-refractivity contribution < 1.29 is 18.0 Å². The molecule has 2 atom stereocenters. The second-order valence-corrected chi connectivity index (χ2v) is 7.82. The molecule has 2 N–H and O–H groups in total. The topological polar surface area (TPSA) is 76.8 Å². The van der Waals surface area contributed by atoms with Crippen molar-refractivity contribution in [1.82, 2.24) is 24.9 Å². The lowest BCUT2D eigenvalue weighted by Gasteiger charge is -2.33. The van der Waals surface area contributed by atoms with E-state index >= 15 is 0 Å². The van der Waals surface area contributed by atoms with Crippen LogP contribution in [0.5, 0.6) is 0 Å². The van der Waals surface area contributed by atoms with Gasteiger partial charge in [0.15, 0.2) is 11.7 Å². The molecule has 0 saturated carbocycles. The Kier molecular flexibility index (Phi) is 5.24. The van der Waals surface area contributed by atoms with E-state index in [0.29, 0.717) is 0 Å². The molecule has 0 saturated heterocycles. The molecule has 4 rings (SSSR count). The molecule has 1 aliphatic heterocycles. The Hall–Kier alpha value is -3.30. The van der Waals surface area contributed by atoms with E-state index in [0.717, 1.165) is 27.1 Å². The van der Waals surface area contributed by atoms with Crippen molar-refractivity contribution in [3.8, 4) is 0 Å². The van der Waals surface area contributed by atoms with Gasteiger partial charge in [0, 0.05) is 37.3 Å². The van der Waals surface area contributed by atoms with Crippen molar-refractivity contribution in [2.45, 2.75) is 45.1 Å². The highest BCUT2D eigenvalue weighted by molar-refractivity contribution is 5.93. The van der Waals surface area contributed by atoms with Crippen LogP contribution in [0.3, 0.4) is 0 Å². The highest BCUT2D eigenvalue weighted by Gasteiger charge is 2.46. The number of benzene rings is 1. The third-order valence-electron chi connectivity index (χ3n) is 5.68. The minimum absolute atomic E-state index is 0.0668. The molecule has 3 aromatic rings. The van der Waals surface area contributed by atoms with E-state index in [-0.39, 0.29) is 24.5 Å². The summed E-state index contributed by atoms with van der Waals surface area (Å²) in [5.41, 5.74) is 3.43. The van der Waals surface area contributed by atoms with Crippen LogP contribution in [0.4, 0.5) is 19.0 Å². The number of hydrogen-bond acceptors (Lipinski definition) is 4. The van der Waals surface area contributed by atoms with E-state index in [1.807, 2.05) is 38.1 Å². The standard InChI is InChI=1S/C21H23F3N6O/c1-12-4-6-14(7-5-12)16-8-18(21(22,23)24)30-19(27-16)9-17(28-30)20(31)25-10-15-11-26-29(3)13(15)2/h4-7,9,11,16,18,27H,8,10H2,1-3H3,(H,25,31)/t16-,18-/m0/s1. The van der Waals surface area contributed by atoms with Gasteiger partial charge in [-0.1, -0.05) is 29.8 Å². The Morgan fingerprint density at radius 3 is 2.58 bits per heavy atom. The lowest BCUT2D eigenvalue weighted by Crippen LogP contribution is -2.35. The van der Waals surface area contributed by atoms with Gasteiger partial charge in [0.25, 0.3) is 5.91 Å². The molecule has 3 heterocycles. The first-order valence-corrected chi connectivity index (χ1v) is 9.88. The molecule has 10 heteroatoms. The van der Waals surface area contributed by atoms with Crippen LogP contribution in [0.2, 0.25) is 0 Å². The third-order valence-corrected chi connectivity index (χ3v) is 5.68. The third kappa shape index (κ3) is 4.14. The van der Waals surface area contributed by atoms with Crippen molar-refractivity contribution in [2.24, 2.45) is 7.05 Å². The number of anilines is 1. The van der Waals surface area contributed by atoms with Gasteiger partial charge in [-0.25, -0.2) is 4.68 Å². The Bertz CT molecular complexity index is 1100. The molecule has 2 aromatic heterocycles. The summed E-state index contributed by atoms with van der Waals surface area (Å²) in [4.78, 5) is 12.6.